The predicted octanol–water partition coefficient (Wildman–Crippen LogP) is 7.37. The van der Waals surface area contributed by atoms with Gasteiger partial charge < -0.3 is 9.16 Å². The lowest BCUT2D eigenvalue weighted by molar-refractivity contribution is -0.141. The van der Waals surface area contributed by atoms with E-state index in [1.54, 1.807) is 0 Å². The molecule has 0 aromatic carbocycles. The number of carbonyl (C=O) groups excluding carboxylic acids is 1. The molecule has 0 saturated heterocycles. The maximum Gasteiger partial charge on any atom is 0.305 e. The SMILES string of the molecule is COC(=O)CCC(C)C1CCC2C3=CC[C@@H]4C[C@H](O[Si](C)(C)C)CCC4(C)C3CCC21C. The molecular weight excluding hydrogens is 412 g/mol. The fraction of sp³-hybridized carbons (Fsp3) is 0.893. The third kappa shape index (κ3) is 4.40. The highest BCUT2D eigenvalue weighted by atomic mass is 28.4. The largest absolute Gasteiger partial charge is 0.469 e. The van der Waals surface area contributed by atoms with E-state index in [2.05, 4.69) is 46.5 Å². The van der Waals surface area contributed by atoms with E-state index in [-0.39, 0.29) is 5.97 Å². The van der Waals surface area contributed by atoms with Crippen LogP contribution in [0.1, 0.15) is 85.0 Å². The minimum atomic E-state index is -1.47. The fourth-order valence-electron chi connectivity index (χ4n) is 8.70. The highest BCUT2D eigenvalue weighted by Gasteiger charge is 2.58. The van der Waals surface area contributed by atoms with Gasteiger partial charge in [-0.2, -0.15) is 0 Å². The molecule has 0 aromatic rings. The van der Waals surface area contributed by atoms with Crippen molar-refractivity contribution >= 4 is 14.3 Å². The van der Waals surface area contributed by atoms with Crippen molar-refractivity contribution < 1.29 is 14.0 Å². The molecule has 3 fully saturated rings. The van der Waals surface area contributed by atoms with Gasteiger partial charge in [0.05, 0.1) is 7.11 Å². The molecule has 4 heteroatoms. The van der Waals surface area contributed by atoms with Gasteiger partial charge in [0.2, 0.25) is 0 Å². The summed E-state index contributed by atoms with van der Waals surface area (Å²) in [6.07, 6.45) is 15.3. The first kappa shape index (κ1) is 24.5. The zero-order chi connectivity index (χ0) is 23.3. The smallest absolute Gasteiger partial charge is 0.305 e. The Kier molecular flexibility index (Phi) is 6.80. The summed E-state index contributed by atoms with van der Waals surface area (Å²) in [7, 11) is 0.0420. The molecule has 0 N–H and O–H groups in total. The zero-order valence-electron chi connectivity index (χ0n) is 21.8. The summed E-state index contributed by atoms with van der Waals surface area (Å²) in [6.45, 7) is 14.6. The number of hydrogen-bond donors (Lipinski definition) is 0. The Bertz CT molecular complexity index is 739. The molecule has 0 aromatic heterocycles. The summed E-state index contributed by atoms with van der Waals surface area (Å²) >= 11 is 0. The Morgan fingerprint density at radius 3 is 2.47 bits per heavy atom. The van der Waals surface area contributed by atoms with Crippen LogP contribution in [-0.4, -0.2) is 27.5 Å². The van der Waals surface area contributed by atoms with Gasteiger partial charge in [0, 0.05) is 12.5 Å². The number of hydrogen-bond acceptors (Lipinski definition) is 3. The Hall–Kier alpha value is -0.613. The molecule has 32 heavy (non-hydrogen) atoms. The molecule has 0 spiro atoms. The zero-order valence-corrected chi connectivity index (χ0v) is 22.8. The maximum absolute atomic E-state index is 11.7. The fourth-order valence-corrected chi connectivity index (χ4v) is 9.92. The summed E-state index contributed by atoms with van der Waals surface area (Å²) in [6, 6.07) is 0. The molecule has 0 bridgehead atoms. The Morgan fingerprint density at radius 2 is 1.78 bits per heavy atom. The molecule has 0 radical (unpaired) electrons. The van der Waals surface area contributed by atoms with E-state index < -0.39 is 8.32 Å². The normalized spacial score (nSPS) is 42.3. The summed E-state index contributed by atoms with van der Waals surface area (Å²) in [5.41, 5.74) is 2.73. The van der Waals surface area contributed by atoms with Gasteiger partial charge in [0.15, 0.2) is 8.32 Å². The van der Waals surface area contributed by atoms with Gasteiger partial charge in [-0.3, -0.25) is 4.79 Å². The summed E-state index contributed by atoms with van der Waals surface area (Å²) in [4.78, 5) is 11.7. The van der Waals surface area contributed by atoms with Crippen LogP contribution in [0.25, 0.3) is 0 Å². The molecule has 0 heterocycles. The molecule has 4 aliphatic rings. The quantitative estimate of drug-likeness (QED) is 0.236. The summed E-state index contributed by atoms with van der Waals surface area (Å²) < 4.78 is 11.5. The van der Waals surface area contributed by atoms with Crippen LogP contribution in [0.2, 0.25) is 19.6 Å². The molecule has 0 aliphatic heterocycles. The van der Waals surface area contributed by atoms with Gasteiger partial charge in [0.1, 0.15) is 0 Å². The summed E-state index contributed by atoms with van der Waals surface area (Å²) in [5, 5.41) is 0. The second-order valence-corrected chi connectivity index (χ2v) is 17.7. The molecule has 0 amide bonds. The molecule has 182 valence electrons. The van der Waals surface area contributed by atoms with Crippen LogP contribution in [0.4, 0.5) is 0 Å². The summed E-state index contributed by atoms with van der Waals surface area (Å²) in [5.74, 6) is 3.64. The lowest BCUT2D eigenvalue weighted by Gasteiger charge is -2.58. The average Bonchev–Trinajstić information content (AvgIpc) is 3.08. The minimum absolute atomic E-state index is 0.0528. The van der Waals surface area contributed by atoms with E-state index in [1.165, 1.54) is 58.5 Å². The number of rotatable bonds is 6. The van der Waals surface area contributed by atoms with Crippen molar-refractivity contribution in [2.75, 3.05) is 7.11 Å². The predicted molar refractivity (Wildman–Crippen MR) is 134 cm³/mol. The number of esters is 1. The minimum Gasteiger partial charge on any atom is -0.469 e. The van der Waals surface area contributed by atoms with Gasteiger partial charge in [-0.15, -0.1) is 0 Å². The van der Waals surface area contributed by atoms with Crippen molar-refractivity contribution in [2.24, 2.45) is 40.4 Å². The lowest BCUT2D eigenvalue weighted by Crippen LogP contribution is -2.50. The van der Waals surface area contributed by atoms with E-state index in [0.29, 0.717) is 29.3 Å². The van der Waals surface area contributed by atoms with E-state index >= 15 is 0 Å². The van der Waals surface area contributed by atoms with Crippen molar-refractivity contribution in [1.29, 1.82) is 0 Å². The molecule has 3 nitrogen and oxygen atoms in total. The Morgan fingerprint density at radius 1 is 1.09 bits per heavy atom. The second kappa shape index (κ2) is 8.87. The van der Waals surface area contributed by atoms with E-state index in [1.807, 2.05) is 5.57 Å². The number of allylic oxidation sites excluding steroid dienone is 2. The van der Waals surface area contributed by atoms with E-state index in [0.717, 1.165) is 30.1 Å². The third-order valence-corrected chi connectivity index (χ3v) is 11.4. The molecule has 3 saturated carbocycles. The van der Waals surface area contributed by atoms with Crippen molar-refractivity contribution in [3.63, 3.8) is 0 Å². The first-order valence-corrected chi connectivity index (χ1v) is 16.8. The Labute approximate surface area is 198 Å². The number of fused-ring (bicyclic) bond motifs is 5. The molecule has 8 atom stereocenters. The number of carbonyl (C=O) groups is 1. The second-order valence-electron chi connectivity index (χ2n) is 13.2. The topological polar surface area (TPSA) is 35.5 Å². The highest BCUT2D eigenvalue weighted by molar-refractivity contribution is 6.69. The molecule has 4 rings (SSSR count). The molecule has 4 aliphatic carbocycles. The monoisotopic (exact) mass is 460 g/mol. The van der Waals surface area contributed by atoms with Crippen LogP contribution in [0.15, 0.2) is 11.6 Å². The maximum atomic E-state index is 11.7. The number of ether oxygens (including phenoxy) is 1. The van der Waals surface area contributed by atoms with Crippen LogP contribution in [0, 0.1) is 40.4 Å². The van der Waals surface area contributed by atoms with Crippen LogP contribution in [0.3, 0.4) is 0 Å². The number of methoxy groups -OCH3 is 1. The van der Waals surface area contributed by atoms with Crippen LogP contribution < -0.4 is 0 Å². The first-order chi connectivity index (χ1) is 15.0. The van der Waals surface area contributed by atoms with Gasteiger partial charge in [0.25, 0.3) is 0 Å². The molecular formula is C28H48O3Si. The van der Waals surface area contributed by atoms with Crippen molar-refractivity contribution in [1.82, 2.24) is 0 Å². The lowest BCUT2D eigenvalue weighted by atomic mass is 9.47. The van der Waals surface area contributed by atoms with Crippen molar-refractivity contribution in [2.45, 2.75) is 111 Å². The van der Waals surface area contributed by atoms with E-state index in [4.69, 9.17) is 9.16 Å². The van der Waals surface area contributed by atoms with Crippen LogP contribution >= 0.6 is 0 Å². The molecule has 6 unspecified atom stereocenters. The first-order valence-electron chi connectivity index (χ1n) is 13.4. The third-order valence-electron chi connectivity index (χ3n) is 10.3. The standard InChI is InChI=1S/C28H48O3Si/c1-19(8-13-26(29)30-4)23-11-12-24-22-10-9-20-18-21(31-32(5,6)7)14-16-27(20,2)25(22)15-17-28(23,24)3/h10,19-21,23-25H,8-9,11-18H2,1-7H3/t19?,20-,21-,23?,24?,25?,27?,28?/m1/s1. The van der Waals surface area contributed by atoms with Gasteiger partial charge >= 0.3 is 5.97 Å². The van der Waals surface area contributed by atoms with Crippen LogP contribution in [-0.2, 0) is 14.0 Å². The average molecular weight is 461 g/mol. The van der Waals surface area contributed by atoms with E-state index in [9.17, 15) is 4.79 Å². The van der Waals surface area contributed by atoms with Crippen LogP contribution in [0.5, 0.6) is 0 Å². The highest BCUT2D eigenvalue weighted by Crippen LogP contribution is 2.67. The Balaban J connectivity index is 1.48. The van der Waals surface area contributed by atoms with Gasteiger partial charge in [-0.1, -0.05) is 32.4 Å². The van der Waals surface area contributed by atoms with Crippen molar-refractivity contribution in [3.8, 4) is 0 Å². The van der Waals surface area contributed by atoms with Gasteiger partial charge in [-0.25, -0.2) is 0 Å². The van der Waals surface area contributed by atoms with Crippen molar-refractivity contribution in [3.05, 3.63) is 11.6 Å². The van der Waals surface area contributed by atoms with Gasteiger partial charge in [-0.05, 0) is 118 Å².